The van der Waals surface area contributed by atoms with Crippen LogP contribution in [0, 0.1) is 6.92 Å². The predicted octanol–water partition coefficient (Wildman–Crippen LogP) is 4.15. The number of aromatic hydroxyl groups is 1. The molecule has 4 heteroatoms. The minimum atomic E-state index is -0.0164. The quantitative estimate of drug-likeness (QED) is 0.862. The zero-order valence-electron chi connectivity index (χ0n) is 13.8. The highest BCUT2D eigenvalue weighted by Gasteiger charge is 2.22. The van der Waals surface area contributed by atoms with E-state index in [1.54, 1.807) is 24.3 Å². The molecule has 0 aromatic heterocycles. The molecule has 0 unspecified atom stereocenters. The van der Waals surface area contributed by atoms with E-state index in [9.17, 15) is 9.90 Å². The number of phenols is 1. The molecular formula is C20H20O4. The fraction of sp³-hybridized carbons (Fsp3) is 0.250. The summed E-state index contributed by atoms with van der Waals surface area (Å²) in [7, 11) is 0. The Kier molecular flexibility index (Phi) is 4.56. The molecule has 0 saturated carbocycles. The first-order chi connectivity index (χ1) is 11.6. The van der Waals surface area contributed by atoms with Crippen LogP contribution in [0.1, 0.15) is 34.8 Å². The molecule has 1 heterocycles. The van der Waals surface area contributed by atoms with Gasteiger partial charge in [0.15, 0.2) is 17.3 Å². The summed E-state index contributed by atoms with van der Waals surface area (Å²) < 4.78 is 11.2. The molecule has 1 N–H and O–H groups in total. The summed E-state index contributed by atoms with van der Waals surface area (Å²) >= 11 is 0. The van der Waals surface area contributed by atoms with Crippen molar-refractivity contribution in [1.29, 1.82) is 0 Å². The largest absolute Gasteiger partial charge is 0.504 e. The Morgan fingerprint density at radius 2 is 2.12 bits per heavy atom. The number of ether oxygens (including phenoxy) is 2. The smallest absolute Gasteiger partial charge is 0.192 e. The van der Waals surface area contributed by atoms with Crippen LogP contribution in [-0.2, 0) is 0 Å². The second-order valence-corrected chi connectivity index (χ2v) is 5.71. The first-order valence-corrected chi connectivity index (χ1v) is 8.03. The second-order valence-electron chi connectivity index (χ2n) is 5.71. The molecule has 0 fully saturated rings. The molecule has 2 aromatic carbocycles. The normalized spacial score (nSPS) is 15.6. The lowest BCUT2D eigenvalue weighted by Gasteiger charge is -2.08. The number of carbonyl (C=O) groups is 1. The van der Waals surface area contributed by atoms with E-state index >= 15 is 0 Å². The molecule has 3 rings (SSSR count). The summed E-state index contributed by atoms with van der Waals surface area (Å²) in [5.74, 6) is 1.17. The van der Waals surface area contributed by atoms with Gasteiger partial charge in [-0.25, -0.2) is 0 Å². The van der Waals surface area contributed by atoms with Gasteiger partial charge in [0.25, 0.3) is 0 Å². The fourth-order valence-corrected chi connectivity index (χ4v) is 2.80. The van der Waals surface area contributed by atoms with E-state index in [4.69, 9.17) is 9.47 Å². The van der Waals surface area contributed by atoms with Crippen molar-refractivity contribution in [3.05, 3.63) is 58.7 Å². The third-order valence-electron chi connectivity index (χ3n) is 3.99. The number of Topliss-reactive ketones (excluding diaryl/α,β-unsaturated/α-hetero) is 1. The summed E-state index contributed by atoms with van der Waals surface area (Å²) in [5.41, 5.74) is 3.07. The Bertz CT molecular complexity index is 805. The SMILES string of the molecule is CCOc1cc(/C=C2\CCOc3c(C)cccc3C2=O)ccc1O. The second kappa shape index (κ2) is 6.79. The first-order valence-electron chi connectivity index (χ1n) is 8.03. The summed E-state index contributed by atoms with van der Waals surface area (Å²) in [6.07, 6.45) is 2.38. The molecule has 24 heavy (non-hydrogen) atoms. The maximum Gasteiger partial charge on any atom is 0.192 e. The monoisotopic (exact) mass is 324 g/mol. The standard InChI is InChI=1S/C20H20O4/c1-3-23-18-12-14(7-8-17(18)21)11-15-9-10-24-20-13(2)5-4-6-16(20)19(15)22/h4-8,11-12,21H,3,9-10H2,1-2H3/b15-11+. The number of benzene rings is 2. The number of hydrogen-bond donors (Lipinski definition) is 1. The third kappa shape index (κ3) is 3.13. The van der Waals surface area contributed by atoms with E-state index in [0.29, 0.717) is 42.3 Å². The van der Waals surface area contributed by atoms with Crippen LogP contribution in [0.4, 0.5) is 0 Å². The molecule has 0 saturated heterocycles. The summed E-state index contributed by atoms with van der Waals surface area (Å²) in [6, 6.07) is 10.7. The molecule has 0 bridgehead atoms. The van der Waals surface area contributed by atoms with Crippen LogP contribution in [0.3, 0.4) is 0 Å². The minimum absolute atomic E-state index is 0.0164. The van der Waals surface area contributed by atoms with Crippen molar-refractivity contribution in [2.75, 3.05) is 13.2 Å². The number of phenolic OH excluding ortho intramolecular Hbond substituents is 1. The van der Waals surface area contributed by atoms with Gasteiger partial charge < -0.3 is 14.6 Å². The number of ketones is 1. The molecule has 0 aliphatic carbocycles. The van der Waals surface area contributed by atoms with Crippen molar-refractivity contribution in [1.82, 2.24) is 0 Å². The number of carbonyl (C=O) groups excluding carboxylic acids is 1. The average Bonchev–Trinajstić information content (AvgIpc) is 2.72. The van der Waals surface area contributed by atoms with Crippen molar-refractivity contribution >= 4 is 11.9 Å². The highest BCUT2D eigenvalue weighted by Crippen LogP contribution is 2.32. The third-order valence-corrected chi connectivity index (χ3v) is 3.99. The maximum absolute atomic E-state index is 12.8. The van der Waals surface area contributed by atoms with Crippen LogP contribution < -0.4 is 9.47 Å². The lowest BCUT2D eigenvalue weighted by molar-refractivity contribution is 0.103. The van der Waals surface area contributed by atoms with Gasteiger partial charge in [-0.2, -0.15) is 0 Å². The van der Waals surface area contributed by atoms with Crippen LogP contribution in [0.15, 0.2) is 42.0 Å². The van der Waals surface area contributed by atoms with Gasteiger partial charge in [-0.3, -0.25) is 4.79 Å². The van der Waals surface area contributed by atoms with Crippen LogP contribution in [0.5, 0.6) is 17.2 Å². The van der Waals surface area contributed by atoms with E-state index < -0.39 is 0 Å². The lowest BCUT2D eigenvalue weighted by Crippen LogP contribution is -2.02. The molecule has 1 aliphatic rings. The average molecular weight is 324 g/mol. The molecule has 124 valence electrons. The van der Waals surface area contributed by atoms with Crippen molar-refractivity contribution in [3.63, 3.8) is 0 Å². The van der Waals surface area contributed by atoms with Crippen molar-refractivity contribution < 1.29 is 19.4 Å². The molecule has 2 aromatic rings. The van der Waals surface area contributed by atoms with Gasteiger partial charge in [-0.1, -0.05) is 18.2 Å². The molecule has 4 nitrogen and oxygen atoms in total. The van der Waals surface area contributed by atoms with Crippen LogP contribution in [0.2, 0.25) is 0 Å². The number of fused-ring (bicyclic) bond motifs is 1. The zero-order chi connectivity index (χ0) is 17.1. The van der Waals surface area contributed by atoms with Crippen LogP contribution in [-0.4, -0.2) is 24.1 Å². The predicted molar refractivity (Wildman–Crippen MR) is 92.9 cm³/mol. The van der Waals surface area contributed by atoms with Gasteiger partial charge in [0.05, 0.1) is 18.8 Å². The fourth-order valence-electron chi connectivity index (χ4n) is 2.80. The lowest BCUT2D eigenvalue weighted by atomic mass is 9.97. The Morgan fingerprint density at radius 1 is 1.29 bits per heavy atom. The van der Waals surface area contributed by atoms with Crippen molar-refractivity contribution in [2.45, 2.75) is 20.3 Å². The first kappa shape index (κ1) is 16.1. The van der Waals surface area contributed by atoms with Gasteiger partial charge in [-0.05, 0) is 49.2 Å². The van der Waals surface area contributed by atoms with Gasteiger partial charge >= 0.3 is 0 Å². The molecule has 0 amide bonds. The van der Waals surface area contributed by atoms with Gasteiger partial charge in [0.2, 0.25) is 0 Å². The molecule has 0 atom stereocenters. The zero-order valence-corrected chi connectivity index (χ0v) is 13.8. The van der Waals surface area contributed by atoms with Crippen LogP contribution in [0.25, 0.3) is 6.08 Å². The van der Waals surface area contributed by atoms with Gasteiger partial charge in [-0.15, -0.1) is 0 Å². The highest BCUT2D eigenvalue weighted by molar-refractivity contribution is 6.13. The Morgan fingerprint density at radius 3 is 2.92 bits per heavy atom. The van der Waals surface area contributed by atoms with E-state index in [-0.39, 0.29) is 11.5 Å². The number of aryl methyl sites for hydroxylation is 1. The number of hydrogen-bond acceptors (Lipinski definition) is 4. The van der Waals surface area contributed by atoms with Crippen molar-refractivity contribution in [3.8, 4) is 17.2 Å². The van der Waals surface area contributed by atoms with E-state index in [1.165, 1.54) is 0 Å². The van der Waals surface area contributed by atoms with E-state index in [0.717, 1.165) is 11.1 Å². The van der Waals surface area contributed by atoms with E-state index in [2.05, 4.69) is 0 Å². The van der Waals surface area contributed by atoms with Gasteiger partial charge in [0, 0.05) is 12.0 Å². The Hall–Kier alpha value is -2.75. The molecule has 0 radical (unpaired) electrons. The highest BCUT2D eigenvalue weighted by atomic mass is 16.5. The summed E-state index contributed by atoms with van der Waals surface area (Å²) in [5, 5.41) is 9.80. The minimum Gasteiger partial charge on any atom is -0.504 e. The Balaban J connectivity index is 1.98. The molecule has 1 aliphatic heterocycles. The summed E-state index contributed by atoms with van der Waals surface area (Å²) in [4.78, 5) is 12.8. The Labute approximate surface area is 141 Å². The summed E-state index contributed by atoms with van der Waals surface area (Å²) in [6.45, 7) is 4.73. The van der Waals surface area contributed by atoms with Gasteiger partial charge in [0.1, 0.15) is 5.75 Å². The molecule has 0 spiro atoms. The number of para-hydroxylation sites is 1. The topological polar surface area (TPSA) is 55.8 Å². The van der Waals surface area contributed by atoms with E-state index in [1.807, 2.05) is 32.1 Å². The van der Waals surface area contributed by atoms with Crippen LogP contribution >= 0.6 is 0 Å². The van der Waals surface area contributed by atoms with Crippen molar-refractivity contribution in [2.24, 2.45) is 0 Å². The molecular weight excluding hydrogens is 304 g/mol. The number of rotatable bonds is 3. The maximum atomic E-state index is 12.8.